The summed E-state index contributed by atoms with van der Waals surface area (Å²) in [6.45, 7) is 10.7. The van der Waals surface area contributed by atoms with Gasteiger partial charge in [0.25, 0.3) is 0 Å². The van der Waals surface area contributed by atoms with Crippen LogP contribution in [0.25, 0.3) is 0 Å². The van der Waals surface area contributed by atoms with Crippen LogP contribution >= 0.6 is 0 Å². The van der Waals surface area contributed by atoms with Gasteiger partial charge in [0.2, 0.25) is 11.8 Å². The third-order valence-corrected chi connectivity index (χ3v) is 12.1. The van der Waals surface area contributed by atoms with Crippen molar-refractivity contribution in [3.05, 3.63) is 0 Å². The quantitative estimate of drug-likeness (QED) is 0.0508. The Kier molecular flexibility index (Phi) is 48.6. The van der Waals surface area contributed by atoms with E-state index in [1.54, 1.807) is 0 Å². The number of quaternary nitrogens is 2. The second kappa shape index (κ2) is 45.3. The Morgan fingerprint density at radius 3 is 0.772 bits per heavy atom. The molecule has 0 aliphatic rings. The molecule has 344 valence electrons. The highest BCUT2D eigenvalue weighted by molar-refractivity contribution is 5.76. The van der Waals surface area contributed by atoms with E-state index < -0.39 is 0 Å². The predicted molar refractivity (Wildman–Crippen MR) is 243 cm³/mol. The summed E-state index contributed by atoms with van der Waals surface area (Å²) in [6, 6.07) is 0. The van der Waals surface area contributed by atoms with Crippen LogP contribution in [0, 0.1) is 0 Å². The van der Waals surface area contributed by atoms with Crippen LogP contribution < -0.4 is 44.6 Å². The molecule has 6 nitrogen and oxygen atoms in total. The maximum absolute atomic E-state index is 12.3. The monoisotopic (exact) mass is 937 g/mol. The van der Waals surface area contributed by atoms with Crippen LogP contribution in [0.2, 0.25) is 0 Å². The summed E-state index contributed by atoms with van der Waals surface area (Å²) in [5.41, 5.74) is 0. The molecule has 0 bridgehead atoms. The number of hydrogen-bond acceptors (Lipinski definition) is 2. The number of rotatable bonds is 44. The van der Waals surface area contributed by atoms with Gasteiger partial charge < -0.3 is 53.6 Å². The average Bonchev–Trinajstić information content (AvgIpc) is 3.15. The Morgan fingerprint density at radius 2 is 0.526 bits per heavy atom. The van der Waals surface area contributed by atoms with Gasteiger partial charge in [0.1, 0.15) is 0 Å². The van der Waals surface area contributed by atoms with Gasteiger partial charge in [0, 0.05) is 45.2 Å². The van der Waals surface area contributed by atoms with Gasteiger partial charge in [-0.05, 0) is 12.8 Å². The minimum atomic E-state index is 0. The fourth-order valence-corrected chi connectivity index (χ4v) is 8.11. The first-order valence-electron chi connectivity index (χ1n) is 24.8. The maximum Gasteiger partial charge on any atom is 0.219 e. The van der Waals surface area contributed by atoms with Gasteiger partial charge in [-0.2, -0.15) is 0 Å². The molecule has 0 aliphatic carbocycles. The number of carbonyl (C=O) groups excluding carboxylic acids is 2. The molecule has 57 heavy (non-hydrogen) atoms. The number of nitrogens with zero attached hydrogens (tertiary/aromatic N) is 2. The molecule has 0 rings (SSSR count). The van der Waals surface area contributed by atoms with Crippen LogP contribution in [-0.4, -0.2) is 88.2 Å². The Morgan fingerprint density at radius 1 is 0.316 bits per heavy atom. The van der Waals surface area contributed by atoms with Crippen LogP contribution in [0.3, 0.4) is 0 Å². The lowest BCUT2D eigenvalue weighted by atomic mass is 10.0. The maximum atomic E-state index is 12.3. The van der Waals surface area contributed by atoms with E-state index in [0.717, 1.165) is 73.9 Å². The highest BCUT2D eigenvalue weighted by Gasteiger charge is 2.20. The number of carbonyl (C=O) groups is 2. The van der Waals surface area contributed by atoms with Crippen molar-refractivity contribution in [2.75, 3.05) is 67.5 Å². The van der Waals surface area contributed by atoms with E-state index in [0.29, 0.717) is 12.8 Å². The number of amides is 2. The van der Waals surface area contributed by atoms with Crippen LogP contribution in [0.5, 0.6) is 0 Å². The molecule has 8 heteroatoms. The fourth-order valence-electron chi connectivity index (χ4n) is 8.11. The van der Waals surface area contributed by atoms with Gasteiger partial charge >= 0.3 is 0 Å². The van der Waals surface area contributed by atoms with E-state index in [1.165, 1.54) is 186 Å². The number of halogens is 2. The predicted octanol–water partition coefficient (Wildman–Crippen LogP) is 7.07. The molecule has 0 aromatic carbocycles. The molecule has 0 atom stereocenters. The highest BCUT2D eigenvalue weighted by Crippen LogP contribution is 2.15. The van der Waals surface area contributed by atoms with Crippen LogP contribution in [0.1, 0.15) is 239 Å². The topological polar surface area (TPSA) is 58.2 Å². The average molecular weight is 939 g/mol. The zero-order chi connectivity index (χ0) is 40.6. The van der Waals surface area contributed by atoms with Crippen molar-refractivity contribution in [2.24, 2.45) is 0 Å². The smallest absolute Gasteiger partial charge is 0.219 e. The molecule has 2 amide bonds. The lowest BCUT2D eigenvalue weighted by Gasteiger charge is -2.33. The Balaban J connectivity index is -0.0000146. The standard InChI is InChI=1S/C49H100N4O2.2BrH/c1-7-9-11-13-15-17-19-21-23-25-27-29-31-33-35-40-48(54)50-42-37-44-52(3,4)46-39-47-53(5,6)45-38-43-51-49(55)41-36-34-32-30-28-26-24-22-20-18-16-14-12-10-8-2;;/h7-47H2,1-6H3;2*1H. The van der Waals surface area contributed by atoms with Gasteiger partial charge in [0.05, 0.1) is 54.4 Å². The second-order valence-electron chi connectivity index (χ2n) is 18.9. The first kappa shape index (κ1) is 61.1. The second-order valence-corrected chi connectivity index (χ2v) is 18.9. The minimum Gasteiger partial charge on any atom is -1.00 e. The zero-order valence-electron chi connectivity index (χ0n) is 39.5. The Hall–Kier alpha value is -0.180. The largest absolute Gasteiger partial charge is 1.00 e. The van der Waals surface area contributed by atoms with E-state index in [2.05, 4.69) is 52.7 Å². The molecule has 0 heterocycles. The first-order valence-corrected chi connectivity index (χ1v) is 24.8. The summed E-state index contributed by atoms with van der Waals surface area (Å²) in [4.78, 5) is 24.7. The van der Waals surface area contributed by atoms with Crippen LogP contribution in [0.4, 0.5) is 0 Å². The van der Waals surface area contributed by atoms with E-state index in [4.69, 9.17) is 0 Å². The van der Waals surface area contributed by atoms with Crippen LogP contribution in [-0.2, 0) is 9.59 Å². The van der Waals surface area contributed by atoms with Gasteiger partial charge in [0.15, 0.2) is 0 Å². The summed E-state index contributed by atoms with van der Waals surface area (Å²) in [5.74, 6) is 0.473. The Labute approximate surface area is 379 Å². The lowest BCUT2D eigenvalue weighted by molar-refractivity contribution is -0.909. The van der Waals surface area contributed by atoms with Crippen molar-refractivity contribution >= 4 is 11.8 Å². The van der Waals surface area contributed by atoms with Crippen molar-refractivity contribution in [1.29, 1.82) is 0 Å². The van der Waals surface area contributed by atoms with E-state index in [-0.39, 0.29) is 45.8 Å². The molecule has 0 aliphatic heterocycles. The molecule has 0 saturated carbocycles. The van der Waals surface area contributed by atoms with E-state index in [9.17, 15) is 9.59 Å². The highest BCUT2D eigenvalue weighted by atomic mass is 79.9. The molecule has 0 fully saturated rings. The molecule has 0 saturated heterocycles. The van der Waals surface area contributed by atoms with Crippen LogP contribution in [0.15, 0.2) is 0 Å². The SMILES string of the molecule is CCCCCCCCCCCCCCCCCC(=O)NCCC[N+](C)(C)CCC[N+](C)(C)CCCNC(=O)CCCCCCCCCCCCCCCCC.[Br-].[Br-]. The number of unbranched alkanes of at least 4 members (excludes halogenated alkanes) is 28. The van der Waals surface area contributed by atoms with Crippen molar-refractivity contribution in [3.63, 3.8) is 0 Å². The number of nitrogens with one attached hydrogen (secondary N) is 2. The summed E-state index contributed by atoms with van der Waals surface area (Å²) in [7, 11) is 9.30. The van der Waals surface area contributed by atoms with E-state index in [1.807, 2.05) is 0 Å². The third-order valence-electron chi connectivity index (χ3n) is 12.1. The normalized spacial score (nSPS) is 11.6. The summed E-state index contributed by atoms with van der Waals surface area (Å²) in [6.07, 6.45) is 45.3. The van der Waals surface area contributed by atoms with Crippen molar-refractivity contribution in [1.82, 2.24) is 10.6 Å². The molecule has 0 unspecified atom stereocenters. The van der Waals surface area contributed by atoms with E-state index >= 15 is 0 Å². The molecule has 0 aromatic rings. The molecule has 0 radical (unpaired) electrons. The molecular weight excluding hydrogens is 836 g/mol. The summed E-state index contributed by atoms with van der Waals surface area (Å²) in [5, 5.41) is 6.35. The minimum absolute atomic E-state index is 0. The van der Waals surface area contributed by atoms with Gasteiger partial charge in [-0.25, -0.2) is 0 Å². The van der Waals surface area contributed by atoms with Gasteiger partial charge in [-0.1, -0.05) is 194 Å². The first-order chi connectivity index (χ1) is 26.6. The van der Waals surface area contributed by atoms with Crippen molar-refractivity contribution in [3.8, 4) is 0 Å². The lowest BCUT2D eigenvalue weighted by Crippen LogP contribution is -3.00. The van der Waals surface area contributed by atoms with Gasteiger partial charge in [-0.15, -0.1) is 0 Å². The third kappa shape index (κ3) is 48.4. The van der Waals surface area contributed by atoms with Crippen molar-refractivity contribution < 1.29 is 52.5 Å². The van der Waals surface area contributed by atoms with Gasteiger partial charge in [-0.3, -0.25) is 9.59 Å². The molecule has 0 aromatic heterocycles. The summed E-state index contributed by atoms with van der Waals surface area (Å²) >= 11 is 0. The summed E-state index contributed by atoms with van der Waals surface area (Å²) < 4.78 is 2.01. The fraction of sp³-hybridized carbons (Fsp3) is 0.959. The molecule has 0 spiro atoms. The van der Waals surface area contributed by atoms with Crippen molar-refractivity contribution in [2.45, 2.75) is 239 Å². The Bertz CT molecular complexity index is 776. The molecular formula is C49H102Br2N4O2. The zero-order valence-corrected chi connectivity index (χ0v) is 42.6. The number of hydrogen-bond donors (Lipinski definition) is 2. The molecule has 2 N–H and O–H groups in total.